The van der Waals surface area contributed by atoms with Gasteiger partial charge < -0.3 is 10.3 Å². The summed E-state index contributed by atoms with van der Waals surface area (Å²) in [6.07, 6.45) is 1.51. The Morgan fingerprint density at radius 2 is 2.00 bits per heavy atom. The second-order valence-electron chi connectivity index (χ2n) is 4.99. The van der Waals surface area contributed by atoms with Crippen LogP contribution in [0.4, 0.5) is 5.95 Å². The van der Waals surface area contributed by atoms with Crippen LogP contribution in [0.25, 0.3) is 22.4 Å². The maximum absolute atomic E-state index is 4.50. The van der Waals surface area contributed by atoms with E-state index in [0.717, 1.165) is 33.9 Å². The second kappa shape index (κ2) is 5.33. The van der Waals surface area contributed by atoms with Crippen molar-refractivity contribution >= 4 is 17.0 Å². The van der Waals surface area contributed by atoms with Crippen LogP contribution in [-0.4, -0.2) is 25.1 Å². The van der Waals surface area contributed by atoms with E-state index in [-0.39, 0.29) is 0 Å². The smallest absolute Gasteiger partial charge is 0.201 e. The molecular formula is C16H14N6. The van der Waals surface area contributed by atoms with Crippen LogP contribution in [0, 0.1) is 0 Å². The van der Waals surface area contributed by atoms with Gasteiger partial charge in [0.1, 0.15) is 6.33 Å². The van der Waals surface area contributed by atoms with E-state index in [9.17, 15) is 0 Å². The van der Waals surface area contributed by atoms with Gasteiger partial charge >= 0.3 is 0 Å². The lowest BCUT2D eigenvalue weighted by Gasteiger charge is -2.04. The molecule has 2 aromatic heterocycles. The summed E-state index contributed by atoms with van der Waals surface area (Å²) in [6, 6.07) is 16.1. The highest BCUT2D eigenvalue weighted by molar-refractivity contribution is 5.77. The van der Waals surface area contributed by atoms with Crippen molar-refractivity contribution in [3.05, 3.63) is 60.4 Å². The van der Waals surface area contributed by atoms with Gasteiger partial charge in [-0.3, -0.25) is 5.10 Å². The molecule has 4 aromatic rings. The molecule has 0 atom stereocenters. The van der Waals surface area contributed by atoms with Crippen LogP contribution in [0.1, 0.15) is 5.56 Å². The maximum atomic E-state index is 4.50. The number of hydrogen-bond acceptors (Lipinski definition) is 4. The van der Waals surface area contributed by atoms with Crippen molar-refractivity contribution in [2.24, 2.45) is 0 Å². The molecule has 3 N–H and O–H groups in total. The molecule has 0 saturated heterocycles. The lowest BCUT2D eigenvalue weighted by Crippen LogP contribution is -2.01. The fraction of sp³-hybridized carbons (Fsp3) is 0.0625. The molecule has 4 rings (SSSR count). The highest BCUT2D eigenvalue weighted by atomic mass is 15.2. The van der Waals surface area contributed by atoms with Crippen molar-refractivity contribution in [1.29, 1.82) is 0 Å². The molecule has 0 spiro atoms. The van der Waals surface area contributed by atoms with Crippen molar-refractivity contribution in [1.82, 2.24) is 25.1 Å². The van der Waals surface area contributed by atoms with Crippen LogP contribution >= 0.6 is 0 Å². The van der Waals surface area contributed by atoms with E-state index < -0.39 is 0 Å². The fourth-order valence-electron chi connectivity index (χ4n) is 2.40. The minimum absolute atomic E-state index is 0.682. The predicted molar refractivity (Wildman–Crippen MR) is 85.2 cm³/mol. The van der Waals surface area contributed by atoms with Gasteiger partial charge in [0.05, 0.1) is 11.0 Å². The molecule has 0 bridgehead atoms. The van der Waals surface area contributed by atoms with Crippen LogP contribution in [0.3, 0.4) is 0 Å². The molecule has 6 nitrogen and oxygen atoms in total. The van der Waals surface area contributed by atoms with Crippen molar-refractivity contribution in [2.45, 2.75) is 6.54 Å². The van der Waals surface area contributed by atoms with E-state index in [1.807, 2.05) is 36.4 Å². The largest absolute Gasteiger partial charge is 0.352 e. The molecule has 108 valence electrons. The summed E-state index contributed by atoms with van der Waals surface area (Å²) in [4.78, 5) is 11.9. The average molecular weight is 290 g/mol. The quantitative estimate of drug-likeness (QED) is 0.539. The highest BCUT2D eigenvalue weighted by Crippen LogP contribution is 2.17. The Morgan fingerprint density at radius 3 is 2.86 bits per heavy atom. The van der Waals surface area contributed by atoms with Gasteiger partial charge in [-0.2, -0.15) is 5.10 Å². The Kier molecular flexibility index (Phi) is 3.05. The molecule has 0 amide bonds. The van der Waals surface area contributed by atoms with E-state index in [0.29, 0.717) is 6.54 Å². The third kappa shape index (κ3) is 2.42. The summed E-state index contributed by atoms with van der Waals surface area (Å²) in [6.45, 7) is 0.682. The SMILES string of the molecule is c1cc(CNc2nc3ccccc3[nH]2)cc(-c2ncn[nH]2)c1. The van der Waals surface area contributed by atoms with Crippen LogP contribution in [0.5, 0.6) is 0 Å². The van der Waals surface area contributed by atoms with Gasteiger partial charge in [0.15, 0.2) is 5.82 Å². The molecule has 0 aliphatic carbocycles. The van der Waals surface area contributed by atoms with Gasteiger partial charge in [0, 0.05) is 12.1 Å². The highest BCUT2D eigenvalue weighted by Gasteiger charge is 2.04. The first kappa shape index (κ1) is 12.6. The normalized spacial score (nSPS) is 10.9. The van der Waals surface area contributed by atoms with Crippen LogP contribution in [0.15, 0.2) is 54.9 Å². The van der Waals surface area contributed by atoms with E-state index in [2.05, 4.69) is 42.6 Å². The molecular weight excluding hydrogens is 276 g/mol. The summed E-state index contributed by atoms with van der Waals surface area (Å²) in [5, 5.41) is 10.1. The van der Waals surface area contributed by atoms with Gasteiger partial charge in [-0.1, -0.05) is 30.3 Å². The number of nitrogens with zero attached hydrogens (tertiary/aromatic N) is 3. The number of nitrogens with one attached hydrogen (secondary N) is 3. The number of aromatic nitrogens is 5. The van der Waals surface area contributed by atoms with Gasteiger partial charge in [-0.15, -0.1) is 0 Å². The van der Waals surface area contributed by atoms with E-state index in [1.54, 1.807) is 0 Å². The summed E-state index contributed by atoms with van der Waals surface area (Å²) in [5.41, 5.74) is 4.15. The Balaban J connectivity index is 1.53. The molecule has 22 heavy (non-hydrogen) atoms. The number of hydrogen-bond donors (Lipinski definition) is 3. The zero-order valence-electron chi connectivity index (χ0n) is 11.7. The van der Waals surface area contributed by atoms with Gasteiger partial charge in [0.25, 0.3) is 0 Å². The lowest BCUT2D eigenvalue weighted by atomic mass is 10.1. The summed E-state index contributed by atoms with van der Waals surface area (Å²) in [5.74, 6) is 1.54. The molecule has 2 aromatic carbocycles. The van der Waals surface area contributed by atoms with Crippen LogP contribution in [-0.2, 0) is 6.54 Å². The monoisotopic (exact) mass is 290 g/mol. The molecule has 0 aliphatic heterocycles. The van der Waals surface area contributed by atoms with Crippen molar-refractivity contribution in [3.8, 4) is 11.4 Å². The molecule has 0 unspecified atom stereocenters. The first-order valence-electron chi connectivity index (χ1n) is 7.02. The third-order valence-corrected chi connectivity index (χ3v) is 3.46. The van der Waals surface area contributed by atoms with Crippen LogP contribution < -0.4 is 5.32 Å². The van der Waals surface area contributed by atoms with Gasteiger partial charge in [-0.25, -0.2) is 9.97 Å². The van der Waals surface area contributed by atoms with E-state index in [4.69, 9.17) is 0 Å². The number of rotatable bonds is 4. The topological polar surface area (TPSA) is 82.3 Å². The zero-order valence-corrected chi connectivity index (χ0v) is 11.7. The predicted octanol–water partition coefficient (Wildman–Crippen LogP) is 2.96. The standard InChI is InChI=1S/C16H14N6/c1-2-7-14-13(6-1)20-16(21-14)17-9-11-4-3-5-12(8-11)15-18-10-19-22-15/h1-8,10H,9H2,(H2,17,20,21)(H,18,19,22). The third-order valence-electron chi connectivity index (χ3n) is 3.46. The fourth-order valence-corrected chi connectivity index (χ4v) is 2.40. The number of fused-ring (bicyclic) bond motifs is 1. The van der Waals surface area contributed by atoms with Crippen LogP contribution in [0.2, 0.25) is 0 Å². The van der Waals surface area contributed by atoms with E-state index in [1.165, 1.54) is 6.33 Å². The Labute approximate surface area is 126 Å². The molecule has 0 fully saturated rings. The van der Waals surface area contributed by atoms with E-state index >= 15 is 0 Å². The van der Waals surface area contributed by atoms with Crippen molar-refractivity contribution < 1.29 is 0 Å². The number of benzene rings is 2. The van der Waals surface area contributed by atoms with Gasteiger partial charge in [0.2, 0.25) is 5.95 Å². The Hall–Kier alpha value is -3.15. The molecule has 6 heteroatoms. The second-order valence-corrected chi connectivity index (χ2v) is 4.99. The summed E-state index contributed by atoms with van der Waals surface area (Å²) >= 11 is 0. The number of anilines is 1. The maximum Gasteiger partial charge on any atom is 0.201 e. The van der Waals surface area contributed by atoms with Crippen molar-refractivity contribution in [3.63, 3.8) is 0 Å². The summed E-state index contributed by atoms with van der Waals surface area (Å²) in [7, 11) is 0. The Morgan fingerprint density at radius 1 is 1.05 bits per heavy atom. The first-order chi connectivity index (χ1) is 10.9. The molecule has 0 radical (unpaired) electrons. The average Bonchev–Trinajstić information content (AvgIpc) is 3.22. The molecule has 2 heterocycles. The van der Waals surface area contributed by atoms with Crippen molar-refractivity contribution in [2.75, 3.05) is 5.32 Å². The first-order valence-corrected chi connectivity index (χ1v) is 7.02. The molecule has 0 aliphatic rings. The minimum atomic E-state index is 0.682. The number of aromatic amines is 2. The minimum Gasteiger partial charge on any atom is -0.352 e. The van der Waals surface area contributed by atoms with Gasteiger partial charge in [-0.05, 0) is 23.8 Å². The zero-order chi connectivity index (χ0) is 14.8. The number of H-pyrrole nitrogens is 2. The Bertz CT molecular complexity index is 861. The number of imidazole rings is 1. The lowest BCUT2D eigenvalue weighted by molar-refractivity contribution is 1.08. The number of para-hydroxylation sites is 2. The molecule has 0 saturated carbocycles. The summed E-state index contributed by atoms with van der Waals surface area (Å²) < 4.78 is 0.